The number of carbonyl (C=O) groups excluding carboxylic acids is 1. The van der Waals surface area contributed by atoms with E-state index >= 15 is 0 Å². The fourth-order valence-corrected chi connectivity index (χ4v) is 4.01. The first kappa shape index (κ1) is 22.9. The van der Waals surface area contributed by atoms with Crippen molar-refractivity contribution in [2.45, 2.75) is 91.1 Å². The maximum absolute atomic E-state index is 12.6. The quantitative estimate of drug-likeness (QED) is 0.271. The summed E-state index contributed by atoms with van der Waals surface area (Å²) in [5.74, 6) is -0.404. The second kappa shape index (κ2) is 10.3. The van der Waals surface area contributed by atoms with Gasteiger partial charge in [0.25, 0.3) is 0 Å². The highest BCUT2D eigenvalue weighted by Gasteiger charge is 2.41. The van der Waals surface area contributed by atoms with Crippen LogP contribution in [0.4, 0.5) is 0 Å². The predicted octanol–water partition coefficient (Wildman–Crippen LogP) is 6.34. The Hall–Kier alpha value is -1.13. The lowest BCUT2D eigenvalue weighted by atomic mass is 9.99. The van der Waals surface area contributed by atoms with Gasteiger partial charge in [-0.2, -0.15) is 0 Å². The minimum atomic E-state index is -1.93. The number of ether oxygens (including phenoxy) is 1. The number of unbranched alkanes of at least 4 members (excludes halogenated alkanes) is 2. The molecule has 0 aliphatic carbocycles. The molecule has 0 aromatic heterocycles. The molecule has 1 aromatic rings. The lowest BCUT2D eigenvalue weighted by Crippen LogP contribution is -2.46. The lowest BCUT2D eigenvalue weighted by molar-refractivity contribution is -0.152. The summed E-state index contributed by atoms with van der Waals surface area (Å²) in [7, 11) is -1.93. The van der Waals surface area contributed by atoms with Gasteiger partial charge in [0.2, 0.25) is 0 Å². The smallest absolute Gasteiger partial charge is 0.311 e. The van der Waals surface area contributed by atoms with Crippen LogP contribution in [0, 0.1) is 5.92 Å². The number of esters is 1. The van der Waals surface area contributed by atoms with E-state index in [1.165, 1.54) is 12.8 Å². The van der Waals surface area contributed by atoms with E-state index < -0.39 is 8.32 Å². The van der Waals surface area contributed by atoms with E-state index in [1.54, 1.807) is 0 Å². The van der Waals surface area contributed by atoms with Crippen molar-refractivity contribution in [3.8, 4) is 0 Å². The van der Waals surface area contributed by atoms with E-state index in [4.69, 9.17) is 9.16 Å². The number of rotatable bonds is 10. The SMILES string of the molecule is CCCCC[C@@H](O[Si](C)(C)C(C)(C)C)[C@H](C)C(=O)OCc1ccccc1. The van der Waals surface area contributed by atoms with Crippen LogP contribution >= 0.6 is 0 Å². The lowest BCUT2D eigenvalue weighted by Gasteiger charge is -2.40. The molecule has 4 heteroatoms. The summed E-state index contributed by atoms with van der Waals surface area (Å²) in [6.45, 7) is 15.7. The average molecular weight is 379 g/mol. The molecule has 26 heavy (non-hydrogen) atoms. The van der Waals surface area contributed by atoms with Gasteiger partial charge in [-0.25, -0.2) is 0 Å². The van der Waals surface area contributed by atoms with E-state index in [1.807, 2.05) is 37.3 Å². The Kier molecular flexibility index (Phi) is 9.04. The second-order valence-electron chi connectivity index (χ2n) is 8.79. The van der Waals surface area contributed by atoms with E-state index in [-0.39, 0.29) is 23.0 Å². The largest absolute Gasteiger partial charge is 0.461 e. The third-order valence-corrected chi connectivity index (χ3v) is 10.0. The molecule has 0 saturated carbocycles. The minimum absolute atomic E-state index is 0.0642. The predicted molar refractivity (Wildman–Crippen MR) is 112 cm³/mol. The van der Waals surface area contributed by atoms with Crippen LogP contribution in [-0.2, 0) is 20.6 Å². The van der Waals surface area contributed by atoms with Crippen molar-refractivity contribution < 1.29 is 14.0 Å². The summed E-state index contributed by atoms with van der Waals surface area (Å²) in [6.07, 6.45) is 4.28. The van der Waals surface area contributed by atoms with Crippen LogP contribution in [0.25, 0.3) is 0 Å². The molecule has 0 N–H and O–H groups in total. The molecule has 1 rings (SSSR count). The highest BCUT2D eigenvalue weighted by Crippen LogP contribution is 2.38. The minimum Gasteiger partial charge on any atom is -0.461 e. The highest BCUT2D eigenvalue weighted by atomic mass is 28.4. The van der Waals surface area contributed by atoms with Crippen LogP contribution in [0.2, 0.25) is 18.1 Å². The molecule has 0 amide bonds. The highest BCUT2D eigenvalue weighted by molar-refractivity contribution is 6.74. The maximum Gasteiger partial charge on any atom is 0.311 e. The number of carbonyl (C=O) groups is 1. The summed E-state index contributed by atoms with van der Waals surface area (Å²) < 4.78 is 12.2. The molecule has 3 nitrogen and oxygen atoms in total. The summed E-state index contributed by atoms with van der Waals surface area (Å²) in [6, 6.07) is 9.83. The fourth-order valence-electron chi connectivity index (χ4n) is 2.57. The Morgan fingerprint density at radius 1 is 1.12 bits per heavy atom. The van der Waals surface area contributed by atoms with Gasteiger partial charge < -0.3 is 9.16 Å². The van der Waals surface area contributed by atoms with Crippen LogP contribution in [0.15, 0.2) is 30.3 Å². The average Bonchev–Trinajstić information content (AvgIpc) is 2.58. The van der Waals surface area contributed by atoms with E-state index in [9.17, 15) is 4.79 Å². The normalized spacial score (nSPS) is 14.7. The van der Waals surface area contributed by atoms with E-state index in [0.717, 1.165) is 18.4 Å². The Balaban J connectivity index is 2.75. The van der Waals surface area contributed by atoms with Gasteiger partial charge in [-0.1, -0.05) is 77.3 Å². The van der Waals surface area contributed by atoms with Crippen LogP contribution in [0.3, 0.4) is 0 Å². The molecule has 0 unspecified atom stereocenters. The molecule has 0 spiro atoms. The zero-order valence-electron chi connectivity index (χ0n) is 17.8. The maximum atomic E-state index is 12.6. The van der Waals surface area contributed by atoms with Crippen molar-refractivity contribution in [2.24, 2.45) is 5.92 Å². The summed E-state index contributed by atoms with van der Waals surface area (Å²) in [4.78, 5) is 12.6. The van der Waals surface area contributed by atoms with Gasteiger partial charge in [0.15, 0.2) is 8.32 Å². The molecule has 0 saturated heterocycles. The first-order valence-electron chi connectivity index (χ1n) is 9.97. The molecule has 0 radical (unpaired) electrons. The van der Waals surface area contributed by atoms with Crippen LogP contribution < -0.4 is 0 Å². The van der Waals surface area contributed by atoms with Crippen molar-refractivity contribution in [1.82, 2.24) is 0 Å². The molecule has 0 bridgehead atoms. The van der Waals surface area contributed by atoms with Crippen LogP contribution in [0.5, 0.6) is 0 Å². The van der Waals surface area contributed by atoms with Crippen LogP contribution in [0.1, 0.15) is 65.9 Å². The molecule has 1 aromatic carbocycles. The van der Waals surface area contributed by atoms with Gasteiger partial charge in [-0.05, 0) is 37.0 Å². The molecule has 148 valence electrons. The number of benzene rings is 1. The van der Waals surface area contributed by atoms with Gasteiger partial charge >= 0.3 is 5.97 Å². The topological polar surface area (TPSA) is 35.5 Å². The Labute approximate surface area is 161 Å². The molecule has 0 fully saturated rings. The van der Waals surface area contributed by atoms with Gasteiger partial charge in [0.05, 0.1) is 12.0 Å². The third kappa shape index (κ3) is 7.24. The van der Waals surface area contributed by atoms with Crippen molar-refractivity contribution in [3.05, 3.63) is 35.9 Å². The van der Waals surface area contributed by atoms with Crippen molar-refractivity contribution in [1.29, 1.82) is 0 Å². The monoisotopic (exact) mass is 378 g/mol. The Morgan fingerprint density at radius 2 is 1.73 bits per heavy atom. The summed E-state index contributed by atoms with van der Waals surface area (Å²) in [5, 5.41) is 0.129. The summed E-state index contributed by atoms with van der Waals surface area (Å²) >= 11 is 0. The molecular formula is C22H38O3Si. The van der Waals surface area contributed by atoms with Gasteiger partial charge in [0.1, 0.15) is 6.61 Å². The van der Waals surface area contributed by atoms with E-state index in [2.05, 4.69) is 40.8 Å². The molecule has 0 aliphatic heterocycles. The first-order chi connectivity index (χ1) is 12.1. The third-order valence-electron chi connectivity index (χ3n) is 5.50. The molecule has 0 heterocycles. The van der Waals surface area contributed by atoms with Crippen LogP contribution in [-0.4, -0.2) is 20.4 Å². The zero-order valence-corrected chi connectivity index (χ0v) is 18.8. The van der Waals surface area contributed by atoms with Crippen molar-refractivity contribution in [3.63, 3.8) is 0 Å². The van der Waals surface area contributed by atoms with Crippen molar-refractivity contribution in [2.75, 3.05) is 0 Å². The van der Waals surface area contributed by atoms with Gasteiger partial charge in [-0.15, -0.1) is 0 Å². The van der Waals surface area contributed by atoms with E-state index in [0.29, 0.717) is 6.61 Å². The molecule has 2 atom stereocenters. The molecular weight excluding hydrogens is 340 g/mol. The Morgan fingerprint density at radius 3 is 2.27 bits per heavy atom. The summed E-state index contributed by atoms with van der Waals surface area (Å²) in [5.41, 5.74) is 1.01. The standard InChI is InChI=1S/C22H38O3Si/c1-8-9-11-16-20(25-26(6,7)22(3,4)5)18(2)21(23)24-17-19-14-12-10-13-15-19/h10,12-15,18,20H,8-9,11,16-17H2,1-7H3/t18-,20+/m0/s1. The number of hydrogen-bond donors (Lipinski definition) is 0. The van der Waals surface area contributed by atoms with Gasteiger partial charge in [0, 0.05) is 0 Å². The molecule has 0 aliphatic rings. The van der Waals surface area contributed by atoms with Gasteiger partial charge in [-0.3, -0.25) is 4.79 Å². The zero-order chi connectivity index (χ0) is 19.8. The Bertz CT molecular complexity index is 534. The second-order valence-corrected chi connectivity index (χ2v) is 13.6. The first-order valence-corrected chi connectivity index (χ1v) is 12.9. The number of hydrogen-bond acceptors (Lipinski definition) is 3. The fraction of sp³-hybridized carbons (Fsp3) is 0.682. The van der Waals surface area contributed by atoms with Crippen molar-refractivity contribution >= 4 is 14.3 Å².